The number of esters is 1. The lowest BCUT2D eigenvalue weighted by atomic mass is 10.1. The maximum Gasteiger partial charge on any atom is 0.340 e. The quantitative estimate of drug-likeness (QED) is 0.488. The van der Waals surface area contributed by atoms with Gasteiger partial charge < -0.3 is 19.9 Å². The van der Waals surface area contributed by atoms with Crippen LogP contribution in [0.3, 0.4) is 0 Å². The van der Waals surface area contributed by atoms with Crippen molar-refractivity contribution in [2.24, 2.45) is 0 Å². The predicted molar refractivity (Wildman–Crippen MR) is 71.4 cm³/mol. The minimum atomic E-state index is -0.442. The van der Waals surface area contributed by atoms with Crippen molar-refractivity contribution in [3.63, 3.8) is 0 Å². The molecule has 0 bridgehead atoms. The van der Waals surface area contributed by atoms with Gasteiger partial charge in [0.25, 0.3) is 0 Å². The van der Waals surface area contributed by atoms with Crippen LogP contribution in [0, 0.1) is 0 Å². The maximum absolute atomic E-state index is 11.6. The minimum absolute atomic E-state index is 0. The number of nitrogen functional groups attached to an aromatic ring is 1. The number of halogens is 1. The summed E-state index contributed by atoms with van der Waals surface area (Å²) < 4.78 is 15.1. The second-order valence-electron chi connectivity index (χ2n) is 3.28. The molecular weight excluding hydrogens is 258 g/mol. The normalized spacial score (nSPS) is 9.44. The maximum atomic E-state index is 11.6. The molecule has 0 aromatic heterocycles. The van der Waals surface area contributed by atoms with Crippen molar-refractivity contribution in [1.29, 1.82) is 0 Å². The molecule has 0 spiro atoms. The number of carbonyl (C=O) groups is 1. The molecule has 0 atom stereocenters. The minimum Gasteiger partial charge on any atom is -0.489 e. The molecule has 1 rings (SSSR count). The summed E-state index contributed by atoms with van der Waals surface area (Å²) in [6.07, 6.45) is 0. The smallest absolute Gasteiger partial charge is 0.340 e. The van der Waals surface area contributed by atoms with Gasteiger partial charge in [0.1, 0.15) is 12.4 Å². The highest BCUT2D eigenvalue weighted by Gasteiger charge is 2.13. The number of nitrogens with two attached hydrogens (primary N) is 1. The highest BCUT2D eigenvalue weighted by molar-refractivity contribution is 5.96. The molecule has 1 aromatic rings. The Morgan fingerprint density at radius 3 is 2.67 bits per heavy atom. The van der Waals surface area contributed by atoms with Crippen LogP contribution in [0.4, 0.5) is 5.69 Å². The van der Waals surface area contributed by atoms with Crippen molar-refractivity contribution in [3.05, 3.63) is 23.8 Å². The molecule has 6 heteroatoms. The first kappa shape index (κ1) is 16.5. The molecule has 0 heterocycles. The average Bonchev–Trinajstić information content (AvgIpc) is 2.32. The van der Waals surface area contributed by atoms with Gasteiger partial charge in [-0.1, -0.05) is 6.07 Å². The molecule has 0 amide bonds. The van der Waals surface area contributed by atoms with Gasteiger partial charge in [-0.2, -0.15) is 0 Å². The summed E-state index contributed by atoms with van der Waals surface area (Å²) in [6, 6.07) is 5.01. The third-order valence-corrected chi connectivity index (χ3v) is 2.11. The monoisotopic (exact) mass is 275 g/mol. The van der Waals surface area contributed by atoms with E-state index in [2.05, 4.69) is 0 Å². The van der Waals surface area contributed by atoms with E-state index in [1.54, 1.807) is 32.2 Å². The lowest BCUT2D eigenvalue weighted by Gasteiger charge is -2.11. The number of benzene rings is 1. The number of para-hydroxylation sites is 1. The molecule has 0 unspecified atom stereocenters. The topological polar surface area (TPSA) is 70.8 Å². The Bertz CT molecular complexity index is 384. The number of hydrogen-bond acceptors (Lipinski definition) is 5. The van der Waals surface area contributed by atoms with Gasteiger partial charge in [-0.05, 0) is 19.1 Å². The molecule has 18 heavy (non-hydrogen) atoms. The first-order valence-electron chi connectivity index (χ1n) is 5.38. The van der Waals surface area contributed by atoms with Gasteiger partial charge in [0.15, 0.2) is 0 Å². The summed E-state index contributed by atoms with van der Waals surface area (Å²) in [6.45, 7) is 2.90. The van der Waals surface area contributed by atoms with Gasteiger partial charge in [0.2, 0.25) is 0 Å². The fraction of sp³-hybridized carbons (Fsp3) is 0.417. The van der Waals surface area contributed by atoms with E-state index in [4.69, 9.17) is 19.9 Å². The van der Waals surface area contributed by atoms with Crippen molar-refractivity contribution in [3.8, 4) is 5.75 Å². The van der Waals surface area contributed by atoms with Crippen molar-refractivity contribution >= 4 is 24.1 Å². The largest absolute Gasteiger partial charge is 0.489 e. The number of rotatable bonds is 6. The Morgan fingerprint density at radius 2 is 2.06 bits per heavy atom. The van der Waals surface area contributed by atoms with Gasteiger partial charge in [-0.25, -0.2) is 4.79 Å². The van der Waals surface area contributed by atoms with Crippen molar-refractivity contribution in [2.75, 3.05) is 32.7 Å². The van der Waals surface area contributed by atoms with E-state index in [-0.39, 0.29) is 12.4 Å². The molecular formula is C12H18ClNO4. The van der Waals surface area contributed by atoms with Crippen LogP contribution in [0.2, 0.25) is 0 Å². The standard InChI is InChI=1S/C12H17NO4.ClH/c1-3-16-12(14)9-5-4-6-10(11(9)13)17-8-7-15-2;/h4-6H,3,7-8,13H2,1-2H3;1H. The molecule has 0 saturated heterocycles. The molecule has 0 aliphatic rings. The number of hydrogen-bond donors (Lipinski definition) is 1. The Labute approximate surface area is 113 Å². The highest BCUT2D eigenvalue weighted by Crippen LogP contribution is 2.25. The second-order valence-corrected chi connectivity index (χ2v) is 3.28. The zero-order valence-corrected chi connectivity index (χ0v) is 11.3. The fourth-order valence-corrected chi connectivity index (χ4v) is 1.29. The molecule has 1 aromatic carbocycles. The van der Waals surface area contributed by atoms with Crippen LogP contribution in [-0.2, 0) is 9.47 Å². The molecule has 102 valence electrons. The van der Waals surface area contributed by atoms with E-state index in [1.807, 2.05) is 0 Å². The van der Waals surface area contributed by atoms with Crippen molar-refractivity contribution in [1.82, 2.24) is 0 Å². The molecule has 2 N–H and O–H groups in total. The first-order valence-corrected chi connectivity index (χ1v) is 5.38. The summed E-state index contributed by atoms with van der Waals surface area (Å²) in [5.74, 6) is 0.0230. The van der Waals surface area contributed by atoms with Crippen LogP contribution in [-0.4, -0.2) is 32.9 Å². The summed E-state index contributed by atoms with van der Waals surface area (Å²) in [5.41, 5.74) is 6.44. The third-order valence-electron chi connectivity index (χ3n) is 2.11. The molecule has 0 aliphatic heterocycles. The van der Waals surface area contributed by atoms with Crippen LogP contribution in [0.5, 0.6) is 5.75 Å². The number of ether oxygens (including phenoxy) is 3. The SMILES string of the molecule is CCOC(=O)c1cccc(OCCOC)c1N.Cl. The predicted octanol–water partition coefficient (Wildman–Crippen LogP) is 1.89. The van der Waals surface area contributed by atoms with E-state index < -0.39 is 5.97 Å². The van der Waals surface area contributed by atoms with E-state index in [0.29, 0.717) is 36.8 Å². The van der Waals surface area contributed by atoms with Crippen molar-refractivity contribution < 1.29 is 19.0 Å². The third kappa shape index (κ3) is 4.43. The Kier molecular flexibility index (Phi) is 7.91. The van der Waals surface area contributed by atoms with Crippen LogP contribution in [0.1, 0.15) is 17.3 Å². The average molecular weight is 276 g/mol. The lowest BCUT2D eigenvalue weighted by Crippen LogP contribution is -2.11. The molecule has 0 fully saturated rings. The van der Waals surface area contributed by atoms with E-state index in [1.165, 1.54) is 0 Å². The van der Waals surface area contributed by atoms with E-state index in [9.17, 15) is 4.79 Å². The molecule has 0 aliphatic carbocycles. The fourth-order valence-electron chi connectivity index (χ4n) is 1.29. The molecule has 0 saturated carbocycles. The van der Waals surface area contributed by atoms with Crippen LogP contribution in [0.15, 0.2) is 18.2 Å². The highest BCUT2D eigenvalue weighted by atomic mass is 35.5. The lowest BCUT2D eigenvalue weighted by molar-refractivity contribution is 0.0527. The van der Waals surface area contributed by atoms with Crippen LogP contribution < -0.4 is 10.5 Å². The summed E-state index contributed by atoms with van der Waals surface area (Å²) >= 11 is 0. The van der Waals surface area contributed by atoms with Gasteiger partial charge >= 0.3 is 5.97 Å². The summed E-state index contributed by atoms with van der Waals surface area (Å²) in [5, 5.41) is 0. The zero-order valence-electron chi connectivity index (χ0n) is 10.5. The van der Waals surface area contributed by atoms with E-state index >= 15 is 0 Å². The zero-order chi connectivity index (χ0) is 12.7. The Balaban J connectivity index is 0.00000289. The first-order chi connectivity index (χ1) is 8.20. The van der Waals surface area contributed by atoms with Gasteiger partial charge in [-0.3, -0.25) is 0 Å². The van der Waals surface area contributed by atoms with Crippen molar-refractivity contribution in [2.45, 2.75) is 6.92 Å². The van der Waals surface area contributed by atoms with Gasteiger partial charge in [-0.15, -0.1) is 12.4 Å². The number of anilines is 1. The van der Waals surface area contributed by atoms with Gasteiger partial charge in [0.05, 0.1) is 24.5 Å². The molecule has 5 nitrogen and oxygen atoms in total. The molecule has 0 radical (unpaired) electrons. The Morgan fingerprint density at radius 1 is 1.33 bits per heavy atom. The number of methoxy groups -OCH3 is 1. The van der Waals surface area contributed by atoms with Crippen LogP contribution in [0.25, 0.3) is 0 Å². The summed E-state index contributed by atoms with van der Waals surface area (Å²) in [7, 11) is 1.59. The van der Waals surface area contributed by atoms with E-state index in [0.717, 1.165) is 0 Å². The van der Waals surface area contributed by atoms with Gasteiger partial charge in [0, 0.05) is 7.11 Å². The summed E-state index contributed by atoms with van der Waals surface area (Å²) in [4.78, 5) is 11.6. The Hall–Kier alpha value is -1.46. The van der Waals surface area contributed by atoms with Crippen LogP contribution >= 0.6 is 12.4 Å². The number of carbonyl (C=O) groups excluding carboxylic acids is 1. The second kappa shape index (κ2) is 8.60.